The topological polar surface area (TPSA) is 197 Å². The largest absolute Gasteiger partial charge is 0.383 e. The number of amides is 1. The molecule has 2 aliphatic heterocycles. The monoisotopic (exact) mass is 1080 g/mol. The van der Waals surface area contributed by atoms with Crippen LogP contribution in [0.5, 0.6) is 0 Å². The van der Waals surface area contributed by atoms with Gasteiger partial charge in [-0.25, -0.2) is 19.9 Å². The molecule has 0 radical (unpaired) electrons. The molecule has 6 N–H and O–H groups in total. The molecule has 0 bridgehead atoms. The maximum atomic E-state index is 13.0. The molecule has 6 aromatic heterocycles. The fourth-order valence-electron chi connectivity index (χ4n) is 9.48. The highest BCUT2D eigenvalue weighted by molar-refractivity contribution is 6.41. The third kappa shape index (κ3) is 15.2. The molecule has 1 amide bonds. The SMILES string of the molecule is C.CN(CC1CCN(c2ccncc2)CC1)c1nc(C(=O)CCc2ccc3c(N)nccc3c2)ccc1Cl.CNCC1CCN(c2ccncc2)CC1.Nc1nccc2cc(CNC(=O)c3cnc(Cl)c(Cl)c3)ccc12. The molecule has 2 saturated heterocycles. The van der Waals surface area contributed by atoms with Gasteiger partial charge >= 0.3 is 0 Å². The van der Waals surface area contributed by atoms with Crippen LogP contribution in [0.2, 0.25) is 15.2 Å². The van der Waals surface area contributed by atoms with Crippen molar-refractivity contribution in [2.45, 2.75) is 52.5 Å². The number of hydrogen-bond acceptors (Lipinski definition) is 14. The minimum atomic E-state index is -0.273. The lowest BCUT2D eigenvalue weighted by molar-refractivity contribution is 0.0948. The lowest BCUT2D eigenvalue weighted by Gasteiger charge is -2.35. The molecular weight excluding hydrogens is 1020 g/mol. The highest BCUT2D eigenvalue weighted by atomic mass is 35.5. The van der Waals surface area contributed by atoms with Gasteiger partial charge in [-0.05, 0) is 140 Å². The summed E-state index contributed by atoms with van der Waals surface area (Å²) in [6.45, 7) is 6.76. The van der Waals surface area contributed by atoms with Crippen molar-refractivity contribution in [3.8, 4) is 0 Å². The zero-order chi connectivity index (χ0) is 52.7. The molecule has 2 aromatic carbocycles. The van der Waals surface area contributed by atoms with Crippen LogP contribution in [0.25, 0.3) is 21.5 Å². The Morgan fingerprint density at radius 2 is 1.22 bits per heavy atom. The van der Waals surface area contributed by atoms with Gasteiger partial charge in [0.1, 0.15) is 28.3 Å². The van der Waals surface area contributed by atoms with Crippen LogP contribution in [0.4, 0.5) is 28.8 Å². The number of nitrogens with two attached hydrogens (primary N) is 2. The van der Waals surface area contributed by atoms with Crippen molar-refractivity contribution in [2.75, 3.05) is 79.5 Å². The van der Waals surface area contributed by atoms with Crippen LogP contribution in [0.15, 0.2) is 134 Å². The maximum absolute atomic E-state index is 13.0. The van der Waals surface area contributed by atoms with Crippen LogP contribution >= 0.6 is 34.8 Å². The molecule has 0 aliphatic carbocycles. The highest BCUT2D eigenvalue weighted by Gasteiger charge is 2.23. The summed E-state index contributed by atoms with van der Waals surface area (Å²) in [6, 6.07) is 28.9. The number of halogens is 3. The summed E-state index contributed by atoms with van der Waals surface area (Å²) in [7, 11) is 4.04. The second-order valence-electron chi connectivity index (χ2n) is 18.8. The van der Waals surface area contributed by atoms with E-state index < -0.39 is 0 Å². The Kier molecular flexibility index (Phi) is 20.5. The molecule has 2 aliphatic rings. The number of pyridine rings is 6. The number of nitrogens with one attached hydrogen (secondary N) is 2. The molecule has 15 nitrogen and oxygen atoms in total. The van der Waals surface area contributed by atoms with Gasteiger partial charge in [-0.1, -0.05) is 72.6 Å². The van der Waals surface area contributed by atoms with Crippen molar-refractivity contribution < 1.29 is 9.59 Å². The van der Waals surface area contributed by atoms with Gasteiger partial charge in [-0.15, -0.1) is 0 Å². The van der Waals surface area contributed by atoms with Crippen molar-refractivity contribution in [3.63, 3.8) is 0 Å². The summed E-state index contributed by atoms with van der Waals surface area (Å²) < 4.78 is 0. The first-order valence-corrected chi connectivity index (χ1v) is 26.3. The Labute approximate surface area is 460 Å². The van der Waals surface area contributed by atoms with E-state index >= 15 is 0 Å². The van der Waals surface area contributed by atoms with E-state index in [0.717, 1.165) is 77.6 Å². The molecule has 8 aromatic rings. The number of aromatic nitrogens is 6. The molecule has 396 valence electrons. The number of carbonyl (C=O) groups is 2. The number of nitrogens with zero attached hydrogens (tertiary/aromatic N) is 9. The van der Waals surface area contributed by atoms with E-state index in [1.54, 1.807) is 24.5 Å². The fraction of sp³-hybridized carbons (Fsp3) is 0.310. The van der Waals surface area contributed by atoms with Gasteiger partial charge in [0, 0.05) is 118 Å². The van der Waals surface area contributed by atoms with E-state index in [9.17, 15) is 9.59 Å². The van der Waals surface area contributed by atoms with Crippen molar-refractivity contribution in [1.82, 2.24) is 40.5 Å². The van der Waals surface area contributed by atoms with Crippen molar-refractivity contribution in [3.05, 3.63) is 172 Å². The number of nitrogen functional groups attached to an aromatic ring is 2. The molecule has 0 atom stereocenters. The molecule has 2 fully saturated rings. The minimum absolute atomic E-state index is 0. The first-order chi connectivity index (χ1) is 36.4. The van der Waals surface area contributed by atoms with Crippen LogP contribution in [0.3, 0.4) is 0 Å². The average Bonchev–Trinajstić information content (AvgIpc) is 3.44. The Morgan fingerprint density at radius 3 is 1.79 bits per heavy atom. The smallest absolute Gasteiger partial charge is 0.253 e. The maximum Gasteiger partial charge on any atom is 0.253 e. The Bertz CT molecular complexity index is 3180. The number of hydrogen-bond donors (Lipinski definition) is 4. The summed E-state index contributed by atoms with van der Waals surface area (Å²) in [5.41, 5.74) is 17.1. The van der Waals surface area contributed by atoms with Gasteiger partial charge < -0.3 is 36.8 Å². The average molecular weight is 1080 g/mol. The summed E-state index contributed by atoms with van der Waals surface area (Å²) in [6.07, 6.45) is 17.9. The summed E-state index contributed by atoms with van der Waals surface area (Å²) >= 11 is 18.1. The van der Waals surface area contributed by atoms with E-state index in [2.05, 4.69) is 85.6 Å². The minimum Gasteiger partial charge on any atom is -0.383 e. The number of piperidine rings is 2. The zero-order valence-electron chi connectivity index (χ0n) is 42.2. The van der Waals surface area contributed by atoms with Gasteiger partial charge in [0.15, 0.2) is 5.78 Å². The van der Waals surface area contributed by atoms with Gasteiger partial charge in [0.25, 0.3) is 5.91 Å². The lowest BCUT2D eigenvalue weighted by atomic mass is 9.96. The summed E-state index contributed by atoms with van der Waals surface area (Å²) in [5.74, 6) is 2.79. The van der Waals surface area contributed by atoms with E-state index in [1.807, 2.05) is 81.3 Å². The summed E-state index contributed by atoms with van der Waals surface area (Å²) in [5, 5.41) is 10.9. The lowest BCUT2D eigenvalue weighted by Crippen LogP contribution is -2.38. The molecule has 18 heteroatoms. The third-order valence-electron chi connectivity index (χ3n) is 13.7. The fourth-order valence-corrected chi connectivity index (χ4v) is 10.00. The number of ketones is 1. The van der Waals surface area contributed by atoms with Gasteiger partial charge in [0.2, 0.25) is 0 Å². The third-order valence-corrected chi connectivity index (χ3v) is 14.6. The Balaban J connectivity index is 0.000000183. The molecule has 8 heterocycles. The van der Waals surface area contributed by atoms with Gasteiger partial charge in [-0.3, -0.25) is 19.6 Å². The molecule has 76 heavy (non-hydrogen) atoms. The van der Waals surface area contributed by atoms with Crippen LogP contribution < -0.4 is 36.8 Å². The predicted molar refractivity (Wildman–Crippen MR) is 312 cm³/mol. The van der Waals surface area contributed by atoms with Crippen LogP contribution in [-0.4, -0.2) is 95.0 Å². The second-order valence-corrected chi connectivity index (χ2v) is 20.0. The number of aryl methyl sites for hydroxylation is 1. The van der Waals surface area contributed by atoms with Crippen molar-refractivity contribution in [1.29, 1.82) is 0 Å². The zero-order valence-corrected chi connectivity index (χ0v) is 44.4. The van der Waals surface area contributed by atoms with Crippen LogP contribution in [0, 0.1) is 11.8 Å². The molecular formula is C58H66Cl3N13O2. The normalized spacial score (nSPS) is 13.7. The van der Waals surface area contributed by atoms with Crippen molar-refractivity contribution in [2.24, 2.45) is 11.8 Å². The van der Waals surface area contributed by atoms with E-state index in [-0.39, 0.29) is 29.3 Å². The number of fused-ring (bicyclic) bond motifs is 2. The van der Waals surface area contributed by atoms with Gasteiger partial charge in [-0.2, -0.15) is 0 Å². The number of anilines is 5. The molecule has 0 saturated carbocycles. The van der Waals surface area contributed by atoms with Crippen LogP contribution in [0.1, 0.15) is 71.5 Å². The standard InChI is InChI=1S/C29H31ClN6O.C16H12Cl2N4O.C12H19N3.CH4/c1-35(19-21-11-16-36(17-12-21)23-9-13-32-14-10-23)29-25(30)5-6-26(34-29)27(37)7-3-20-2-4-24-22(18-20)8-15-33-28(24)31;17-13-6-11(8-21-14(13)18)16(23)22-7-9-1-2-12-10(5-9)3-4-20-15(12)19;1-13-10-11-4-8-15(9-5-11)12-2-6-14-7-3-12;/h2,4-6,8-10,13-15,18,21H,3,7,11-12,16-17,19H2,1H3,(H2,31,33);1-6,8H,7H2,(H2,19,20)(H,22,23);2-3,6-7,11,13H,4-5,8-10H2,1H3;1H4. The Morgan fingerprint density at radius 1 is 0.671 bits per heavy atom. The van der Waals surface area contributed by atoms with E-state index in [1.165, 1.54) is 49.6 Å². The van der Waals surface area contributed by atoms with Crippen molar-refractivity contribution >= 4 is 96.9 Å². The number of benzene rings is 2. The molecule has 0 unspecified atom stereocenters. The Hall–Kier alpha value is -7.17. The highest BCUT2D eigenvalue weighted by Crippen LogP contribution is 2.29. The second kappa shape index (κ2) is 27.6. The number of rotatable bonds is 14. The first-order valence-electron chi connectivity index (χ1n) is 25.1. The summed E-state index contributed by atoms with van der Waals surface area (Å²) in [4.78, 5) is 57.0. The van der Waals surface area contributed by atoms with Gasteiger partial charge in [0.05, 0.1) is 15.6 Å². The van der Waals surface area contributed by atoms with Crippen LogP contribution in [-0.2, 0) is 13.0 Å². The quantitative estimate of drug-likeness (QED) is 0.0593. The number of carbonyl (C=O) groups excluding carboxylic acids is 2. The van der Waals surface area contributed by atoms with E-state index in [0.29, 0.717) is 59.0 Å². The first kappa shape index (κ1) is 56.6. The molecule has 10 rings (SSSR count). The molecule has 0 spiro atoms. The van der Waals surface area contributed by atoms with E-state index in [4.69, 9.17) is 46.3 Å². The number of Topliss-reactive ketones (excluding diaryl/α,β-unsaturated/α-hetero) is 1. The predicted octanol–water partition coefficient (Wildman–Crippen LogP) is 11.0.